The first-order chi connectivity index (χ1) is 14.5. The summed E-state index contributed by atoms with van der Waals surface area (Å²) in [5.41, 5.74) is 3.10. The van der Waals surface area contributed by atoms with Crippen molar-refractivity contribution < 1.29 is 14.1 Å². The van der Waals surface area contributed by atoms with Gasteiger partial charge in [-0.25, -0.2) is 9.40 Å². The molecular weight excluding hydrogens is 409 g/mol. The molecule has 2 aliphatic heterocycles. The molecular formula is C22H15ClFN3O3. The summed E-state index contributed by atoms with van der Waals surface area (Å²) >= 11 is 6.22. The molecule has 0 amide bonds. The number of hydrogen-bond donors (Lipinski definition) is 0. The average molecular weight is 424 g/mol. The molecule has 2 aliphatic rings. The normalized spacial score (nSPS) is 19.5. The van der Waals surface area contributed by atoms with Crippen molar-refractivity contribution in [3.05, 3.63) is 104 Å². The Labute approximate surface area is 176 Å². The number of halogens is 2. The van der Waals surface area contributed by atoms with Crippen LogP contribution in [-0.4, -0.2) is 15.6 Å². The highest BCUT2D eigenvalue weighted by molar-refractivity contribution is 6.30. The van der Waals surface area contributed by atoms with Gasteiger partial charge in [-0.05, 0) is 35.9 Å². The van der Waals surface area contributed by atoms with Crippen molar-refractivity contribution in [3.63, 3.8) is 0 Å². The molecule has 30 heavy (non-hydrogen) atoms. The molecule has 0 N–H and O–H groups in total. The zero-order valence-electron chi connectivity index (χ0n) is 15.5. The van der Waals surface area contributed by atoms with E-state index >= 15 is 0 Å². The van der Waals surface area contributed by atoms with Gasteiger partial charge in [0.2, 0.25) is 6.23 Å². The maximum Gasteiger partial charge on any atom is 0.269 e. The van der Waals surface area contributed by atoms with E-state index in [0.717, 1.165) is 16.8 Å². The maximum atomic E-state index is 13.4. The van der Waals surface area contributed by atoms with Gasteiger partial charge in [-0.3, -0.25) is 10.1 Å². The molecule has 8 heteroatoms. The summed E-state index contributed by atoms with van der Waals surface area (Å²) in [4.78, 5) is 10.8. The molecule has 3 aromatic carbocycles. The lowest BCUT2D eigenvalue weighted by molar-refractivity contribution is -0.385. The number of hydrogen-bond acceptors (Lipinski definition) is 5. The molecule has 3 aromatic rings. The van der Waals surface area contributed by atoms with E-state index in [1.165, 1.54) is 24.3 Å². The van der Waals surface area contributed by atoms with E-state index in [9.17, 15) is 14.5 Å². The fourth-order valence-electron chi connectivity index (χ4n) is 3.89. The van der Waals surface area contributed by atoms with Crippen LogP contribution in [0.3, 0.4) is 0 Å². The van der Waals surface area contributed by atoms with Crippen LogP contribution in [-0.2, 0) is 0 Å². The average Bonchev–Trinajstić information content (AvgIpc) is 3.19. The predicted molar refractivity (Wildman–Crippen MR) is 110 cm³/mol. The van der Waals surface area contributed by atoms with Gasteiger partial charge in [0.25, 0.3) is 5.69 Å². The maximum absolute atomic E-state index is 13.4. The lowest BCUT2D eigenvalue weighted by Crippen LogP contribution is -2.33. The van der Waals surface area contributed by atoms with Crippen LogP contribution in [0.25, 0.3) is 0 Å². The van der Waals surface area contributed by atoms with Crippen molar-refractivity contribution in [2.24, 2.45) is 5.10 Å². The van der Waals surface area contributed by atoms with Crippen LogP contribution in [0.2, 0.25) is 5.02 Å². The predicted octanol–water partition coefficient (Wildman–Crippen LogP) is 5.63. The molecule has 2 heterocycles. The lowest BCUT2D eigenvalue weighted by atomic mass is 9.96. The van der Waals surface area contributed by atoms with Gasteiger partial charge in [-0.15, -0.1) is 0 Å². The lowest BCUT2D eigenvalue weighted by Gasteiger charge is -2.38. The highest BCUT2D eigenvalue weighted by Gasteiger charge is 2.41. The Morgan fingerprint density at radius 2 is 1.93 bits per heavy atom. The fourth-order valence-corrected chi connectivity index (χ4v) is 4.07. The first-order valence-electron chi connectivity index (χ1n) is 9.32. The Morgan fingerprint density at radius 3 is 2.70 bits per heavy atom. The summed E-state index contributed by atoms with van der Waals surface area (Å²) in [6.45, 7) is 0. The summed E-state index contributed by atoms with van der Waals surface area (Å²) in [6, 6.07) is 17.8. The van der Waals surface area contributed by atoms with Crippen molar-refractivity contribution >= 4 is 23.0 Å². The monoisotopic (exact) mass is 423 g/mol. The van der Waals surface area contributed by atoms with Gasteiger partial charge in [0.15, 0.2) is 0 Å². The van der Waals surface area contributed by atoms with E-state index in [2.05, 4.69) is 0 Å². The quantitative estimate of drug-likeness (QED) is 0.404. The zero-order valence-corrected chi connectivity index (χ0v) is 16.3. The minimum absolute atomic E-state index is 0.0171. The van der Waals surface area contributed by atoms with E-state index in [1.807, 2.05) is 6.07 Å². The minimum Gasteiger partial charge on any atom is -0.464 e. The highest BCUT2D eigenvalue weighted by atomic mass is 35.5. The van der Waals surface area contributed by atoms with Crippen LogP contribution in [0.1, 0.15) is 35.4 Å². The Kier molecular flexibility index (Phi) is 4.40. The summed E-state index contributed by atoms with van der Waals surface area (Å²) in [5, 5.41) is 18.4. The number of fused-ring (bicyclic) bond motifs is 3. The van der Waals surface area contributed by atoms with E-state index in [1.54, 1.807) is 41.4 Å². The molecule has 0 saturated heterocycles. The van der Waals surface area contributed by atoms with E-state index in [0.29, 0.717) is 22.8 Å². The third-order valence-corrected chi connectivity index (χ3v) is 5.53. The molecule has 0 radical (unpaired) electrons. The van der Waals surface area contributed by atoms with Gasteiger partial charge < -0.3 is 4.74 Å². The number of nitro groups is 1. The van der Waals surface area contributed by atoms with Gasteiger partial charge in [-0.2, -0.15) is 5.10 Å². The van der Waals surface area contributed by atoms with Crippen molar-refractivity contribution in [1.82, 2.24) is 5.01 Å². The van der Waals surface area contributed by atoms with Crippen molar-refractivity contribution in [1.29, 1.82) is 0 Å². The number of nitro benzene ring substituents is 1. The fraction of sp³-hybridized carbons (Fsp3) is 0.136. The summed E-state index contributed by atoms with van der Waals surface area (Å²) in [5.74, 6) is 0.345. The first kappa shape index (κ1) is 18.6. The number of ether oxygens (including phenoxy) is 1. The number of non-ortho nitro benzene ring substituents is 1. The van der Waals surface area contributed by atoms with Crippen LogP contribution < -0.4 is 4.74 Å². The molecule has 0 fully saturated rings. The second kappa shape index (κ2) is 7.11. The van der Waals surface area contributed by atoms with Gasteiger partial charge in [0.1, 0.15) is 11.6 Å². The second-order valence-corrected chi connectivity index (χ2v) is 7.59. The minimum atomic E-state index is -0.637. The van der Waals surface area contributed by atoms with Gasteiger partial charge in [0.05, 0.1) is 16.7 Å². The smallest absolute Gasteiger partial charge is 0.269 e. The van der Waals surface area contributed by atoms with Gasteiger partial charge in [0, 0.05) is 34.7 Å². The number of hydrazone groups is 1. The van der Waals surface area contributed by atoms with Crippen molar-refractivity contribution in [2.75, 3.05) is 0 Å². The number of rotatable bonds is 3. The Bertz CT molecular complexity index is 1180. The SMILES string of the molecule is O=[N+]([O-])c1cccc([C@@H]2Oc3ccc(Cl)cc3[C@H]3CC(c4ccc(F)cc4)=NN32)c1. The largest absolute Gasteiger partial charge is 0.464 e. The molecule has 2 atom stereocenters. The molecule has 0 unspecified atom stereocenters. The van der Waals surface area contributed by atoms with Crippen LogP contribution >= 0.6 is 11.6 Å². The van der Waals surface area contributed by atoms with Crippen LogP contribution in [0, 0.1) is 15.9 Å². The summed E-state index contributed by atoms with van der Waals surface area (Å²) in [6.07, 6.45) is -0.0603. The van der Waals surface area contributed by atoms with Gasteiger partial charge in [-0.1, -0.05) is 35.9 Å². The molecule has 0 aromatic heterocycles. The van der Waals surface area contributed by atoms with E-state index in [4.69, 9.17) is 21.4 Å². The van der Waals surface area contributed by atoms with Gasteiger partial charge >= 0.3 is 0 Å². The van der Waals surface area contributed by atoms with Crippen molar-refractivity contribution in [3.8, 4) is 5.75 Å². The molecule has 5 rings (SSSR count). The van der Waals surface area contributed by atoms with Crippen LogP contribution in [0.15, 0.2) is 71.8 Å². The zero-order chi connectivity index (χ0) is 20.8. The molecule has 0 bridgehead atoms. The summed E-state index contributed by atoms with van der Waals surface area (Å²) < 4.78 is 19.6. The molecule has 0 saturated carbocycles. The molecule has 0 aliphatic carbocycles. The molecule has 150 valence electrons. The Hall–Kier alpha value is -3.45. The van der Waals surface area contributed by atoms with E-state index in [-0.39, 0.29) is 17.5 Å². The second-order valence-electron chi connectivity index (χ2n) is 7.16. The molecule has 6 nitrogen and oxygen atoms in total. The third kappa shape index (κ3) is 3.17. The van der Waals surface area contributed by atoms with Crippen LogP contribution in [0.4, 0.5) is 10.1 Å². The summed E-state index contributed by atoms with van der Waals surface area (Å²) in [7, 11) is 0. The number of benzene rings is 3. The van der Waals surface area contributed by atoms with Crippen LogP contribution in [0.5, 0.6) is 5.75 Å². The van der Waals surface area contributed by atoms with Crippen molar-refractivity contribution in [2.45, 2.75) is 18.7 Å². The standard InChI is InChI=1S/C22H15ClFN3O3/c23-15-6-9-21-18(11-15)20-12-19(13-4-7-16(24)8-5-13)25-26(20)22(30-21)14-2-1-3-17(10-14)27(28)29/h1-11,20,22H,12H2/t20-,22+/m1/s1. The highest BCUT2D eigenvalue weighted by Crippen LogP contribution is 2.48. The topological polar surface area (TPSA) is 68.0 Å². The Balaban J connectivity index is 1.60. The third-order valence-electron chi connectivity index (χ3n) is 5.30. The Morgan fingerprint density at radius 1 is 1.13 bits per heavy atom. The first-order valence-corrected chi connectivity index (χ1v) is 9.69. The van der Waals surface area contributed by atoms with E-state index < -0.39 is 11.2 Å². The molecule has 0 spiro atoms. The number of nitrogens with zero attached hydrogens (tertiary/aromatic N) is 3.